The van der Waals surface area contributed by atoms with Crippen molar-refractivity contribution in [1.29, 1.82) is 0 Å². The van der Waals surface area contributed by atoms with Crippen LogP contribution in [0.3, 0.4) is 0 Å². The molecule has 0 unspecified atom stereocenters. The van der Waals surface area contributed by atoms with Crippen molar-refractivity contribution in [2.45, 2.75) is 6.42 Å². The fourth-order valence-electron chi connectivity index (χ4n) is 0.717. The van der Waals surface area contributed by atoms with E-state index < -0.39 is 5.91 Å². The zero-order valence-corrected chi connectivity index (χ0v) is 4.96. The second-order valence-electron chi connectivity index (χ2n) is 2.03. The molecular formula is C5H8N2O2. The van der Waals surface area contributed by atoms with Crippen molar-refractivity contribution in [3.05, 3.63) is 0 Å². The molecule has 0 aromatic heterocycles. The Kier molecular flexibility index (Phi) is 1.38. The molecule has 1 heterocycles. The summed E-state index contributed by atoms with van der Waals surface area (Å²) in [6, 6.07) is 0. The van der Waals surface area contributed by atoms with Crippen LogP contribution >= 0.6 is 0 Å². The Morgan fingerprint density at radius 3 is 2.56 bits per heavy atom. The minimum absolute atomic E-state index is 0.0220. The van der Waals surface area contributed by atoms with Crippen LogP contribution in [0.25, 0.3) is 0 Å². The van der Waals surface area contributed by atoms with Crippen LogP contribution in [0.5, 0.6) is 0 Å². The van der Waals surface area contributed by atoms with Crippen molar-refractivity contribution in [3.8, 4) is 0 Å². The molecule has 0 spiro atoms. The molecule has 0 bridgehead atoms. The van der Waals surface area contributed by atoms with Gasteiger partial charge in [-0.3, -0.25) is 9.59 Å². The lowest BCUT2D eigenvalue weighted by Gasteiger charge is -2.28. The predicted octanol–water partition coefficient (Wildman–Crippen LogP) is -1.30. The zero-order chi connectivity index (χ0) is 6.85. The van der Waals surface area contributed by atoms with E-state index in [9.17, 15) is 9.59 Å². The summed E-state index contributed by atoms with van der Waals surface area (Å²) in [6.45, 7) is 0.764. The van der Waals surface area contributed by atoms with Gasteiger partial charge >= 0.3 is 0 Å². The molecule has 2 amide bonds. The molecule has 1 rings (SSSR count). The summed E-state index contributed by atoms with van der Waals surface area (Å²) in [4.78, 5) is 22.1. The van der Waals surface area contributed by atoms with Gasteiger partial charge in [-0.2, -0.15) is 0 Å². The quantitative estimate of drug-likeness (QED) is 0.470. The van der Waals surface area contributed by atoms with Gasteiger partial charge in [-0.15, -0.1) is 0 Å². The maximum atomic E-state index is 10.5. The smallest absolute Gasteiger partial charge is 0.237 e. The van der Waals surface area contributed by atoms with Gasteiger partial charge in [-0.05, 0) is 0 Å². The highest BCUT2D eigenvalue weighted by atomic mass is 16.2. The SMILES string of the molecule is NC(=O)CN1CCC1=O. The fraction of sp³-hybridized carbons (Fsp3) is 0.600. The normalized spacial score (nSPS) is 17.3. The Morgan fingerprint density at radius 2 is 2.44 bits per heavy atom. The molecule has 0 aliphatic carbocycles. The first-order chi connectivity index (χ1) is 4.20. The molecule has 0 atom stereocenters. The summed E-state index contributed by atoms with van der Waals surface area (Å²) in [5.74, 6) is -0.420. The third-order valence-corrected chi connectivity index (χ3v) is 1.29. The Bertz CT molecular complexity index is 155. The Balaban J connectivity index is 2.29. The highest BCUT2D eigenvalue weighted by Gasteiger charge is 2.24. The van der Waals surface area contributed by atoms with E-state index in [1.165, 1.54) is 4.90 Å². The van der Waals surface area contributed by atoms with Crippen molar-refractivity contribution in [2.75, 3.05) is 13.1 Å². The van der Waals surface area contributed by atoms with Crippen LogP contribution in [-0.4, -0.2) is 29.8 Å². The van der Waals surface area contributed by atoms with Crippen molar-refractivity contribution in [2.24, 2.45) is 5.73 Å². The fourth-order valence-corrected chi connectivity index (χ4v) is 0.717. The molecule has 1 fully saturated rings. The van der Waals surface area contributed by atoms with E-state index in [0.29, 0.717) is 13.0 Å². The molecule has 0 saturated carbocycles. The highest BCUT2D eigenvalue weighted by molar-refractivity contribution is 5.87. The van der Waals surface area contributed by atoms with Crippen LogP contribution in [0.15, 0.2) is 0 Å². The second kappa shape index (κ2) is 2.05. The number of carbonyl (C=O) groups is 2. The Labute approximate surface area is 52.6 Å². The number of nitrogens with zero attached hydrogens (tertiary/aromatic N) is 1. The molecule has 1 saturated heterocycles. The Morgan fingerprint density at radius 1 is 1.78 bits per heavy atom. The van der Waals surface area contributed by atoms with Crippen LogP contribution in [0.2, 0.25) is 0 Å². The molecule has 50 valence electrons. The molecular weight excluding hydrogens is 120 g/mol. The molecule has 1 aliphatic rings. The number of hydrogen-bond acceptors (Lipinski definition) is 2. The van der Waals surface area contributed by atoms with Gasteiger partial charge < -0.3 is 10.6 Å². The number of nitrogens with two attached hydrogens (primary N) is 1. The summed E-state index contributed by atoms with van der Waals surface area (Å²) in [6.07, 6.45) is 0.563. The average molecular weight is 128 g/mol. The van der Waals surface area contributed by atoms with E-state index in [4.69, 9.17) is 5.73 Å². The zero-order valence-electron chi connectivity index (χ0n) is 4.96. The monoisotopic (exact) mass is 128 g/mol. The summed E-state index contributed by atoms with van der Waals surface area (Å²) in [5.41, 5.74) is 4.83. The number of likely N-dealkylation sites (tertiary alicyclic amines) is 1. The van der Waals surface area contributed by atoms with E-state index in [2.05, 4.69) is 0 Å². The highest BCUT2D eigenvalue weighted by Crippen LogP contribution is 2.05. The van der Waals surface area contributed by atoms with Gasteiger partial charge in [-0.1, -0.05) is 0 Å². The number of carbonyl (C=O) groups excluding carboxylic acids is 2. The standard InChI is InChI=1S/C5H8N2O2/c6-4(8)3-7-2-1-5(7)9/h1-3H2,(H2,6,8). The molecule has 9 heavy (non-hydrogen) atoms. The molecule has 4 heteroatoms. The lowest BCUT2D eigenvalue weighted by molar-refractivity contribution is -0.142. The van der Waals surface area contributed by atoms with Crippen LogP contribution in [0, 0.1) is 0 Å². The number of amides is 2. The summed E-state index contributed by atoms with van der Waals surface area (Å²) < 4.78 is 0. The lowest BCUT2D eigenvalue weighted by atomic mass is 10.2. The van der Waals surface area contributed by atoms with E-state index in [1.54, 1.807) is 0 Å². The van der Waals surface area contributed by atoms with Gasteiger partial charge in [0.2, 0.25) is 11.8 Å². The minimum Gasteiger partial charge on any atom is -0.368 e. The first kappa shape index (κ1) is 6.07. The van der Waals surface area contributed by atoms with E-state index in [1.807, 2.05) is 0 Å². The van der Waals surface area contributed by atoms with Gasteiger partial charge in [0.15, 0.2) is 0 Å². The Hall–Kier alpha value is -1.06. The first-order valence-corrected chi connectivity index (χ1v) is 2.76. The number of rotatable bonds is 2. The van der Waals surface area contributed by atoms with Crippen LogP contribution < -0.4 is 5.73 Å². The average Bonchev–Trinajstić information content (AvgIpc) is 1.79. The maximum absolute atomic E-state index is 10.5. The topological polar surface area (TPSA) is 63.4 Å². The minimum atomic E-state index is -0.442. The second-order valence-corrected chi connectivity index (χ2v) is 2.03. The van der Waals surface area contributed by atoms with Crippen molar-refractivity contribution >= 4 is 11.8 Å². The van der Waals surface area contributed by atoms with Crippen molar-refractivity contribution in [1.82, 2.24) is 4.90 Å². The van der Waals surface area contributed by atoms with Crippen molar-refractivity contribution < 1.29 is 9.59 Å². The van der Waals surface area contributed by atoms with Gasteiger partial charge in [0.05, 0.1) is 6.54 Å². The van der Waals surface area contributed by atoms with Crippen LogP contribution in [-0.2, 0) is 9.59 Å². The third-order valence-electron chi connectivity index (χ3n) is 1.29. The third kappa shape index (κ3) is 1.19. The molecule has 4 nitrogen and oxygen atoms in total. The van der Waals surface area contributed by atoms with Gasteiger partial charge in [0.25, 0.3) is 0 Å². The van der Waals surface area contributed by atoms with Gasteiger partial charge in [0.1, 0.15) is 0 Å². The van der Waals surface area contributed by atoms with E-state index in [0.717, 1.165) is 0 Å². The number of primary amides is 1. The number of β-lactam (4-membered cyclic amide) rings is 1. The molecule has 0 aromatic carbocycles. The molecule has 2 N–H and O–H groups in total. The largest absolute Gasteiger partial charge is 0.368 e. The maximum Gasteiger partial charge on any atom is 0.237 e. The molecule has 0 aromatic rings. The van der Waals surface area contributed by atoms with Crippen molar-refractivity contribution in [3.63, 3.8) is 0 Å². The van der Waals surface area contributed by atoms with Crippen LogP contribution in [0.4, 0.5) is 0 Å². The van der Waals surface area contributed by atoms with E-state index in [-0.39, 0.29) is 12.5 Å². The molecule has 1 aliphatic heterocycles. The predicted molar refractivity (Wildman–Crippen MR) is 30.4 cm³/mol. The number of hydrogen-bond donors (Lipinski definition) is 1. The van der Waals surface area contributed by atoms with Gasteiger partial charge in [-0.25, -0.2) is 0 Å². The summed E-state index contributed by atoms with van der Waals surface area (Å²) in [7, 11) is 0. The molecule has 0 radical (unpaired) electrons. The lowest BCUT2D eigenvalue weighted by Crippen LogP contribution is -2.47. The van der Waals surface area contributed by atoms with E-state index >= 15 is 0 Å². The summed E-state index contributed by atoms with van der Waals surface area (Å²) >= 11 is 0. The van der Waals surface area contributed by atoms with Gasteiger partial charge in [0, 0.05) is 13.0 Å². The summed E-state index contributed by atoms with van der Waals surface area (Å²) in [5, 5.41) is 0. The van der Waals surface area contributed by atoms with Crippen LogP contribution in [0.1, 0.15) is 6.42 Å². The first-order valence-electron chi connectivity index (χ1n) is 2.76.